The molecule has 0 atom stereocenters. The Hall–Kier alpha value is -1.89. The molecule has 0 bridgehead atoms. The van der Waals surface area contributed by atoms with Gasteiger partial charge < -0.3 is 14.8 Å². The van der Waals surface area contributed by atoms with Gasteiger partial charge in [0.05, 0.1) is 6.61 Å². The zero-order valence-electron chi connectivity index (χ0n) is 10.8. The fraction of sp³-hybridized carbons (Fsp3) is 0.308. The molecule has 0 unspecified atom stereocenters. The number of rotatable bonds is 7. The predicted molar refractivity (Wildman–Crippen MR) is 73.7 cm³/mol. The van der Waals surface area contributed by atoms with Gasteiger partial charge >= 0.3 is 6.61 Å². The van der Waals surface area contributed by atoms with Crippen LogP contribution in [0.2, 0.25) is 0 Å². The van der Waals surface area contributed by atoms with Gasteiger partial charge in [0.15, 0.2) is 16.6 Å². The van der Waals surface area contributed by atoms with E-state index in [1.54, 1.807) is 25.3 Å². The second-order valence-electron chi connectivity index (χ2n) is 3.78. The third-order valence-electron chi connectivity index (χ3n) is 2.40. The average molecular weight is 300 g/mol. The summed E-state index contributed by atoms with van der Waals surface area (Å²) < 4.78 is 34.3. The van der Waals surface area contributed by atoms with Crippen molar-refractivity contribution in [2.45, 2.75) is 20.1 Å². The van der Waals surface area contributed by atoms with Gasteiger partial charge in [-0.2, -0.15) is 8.78 Å². The fourth-order valence-electron chi connectivity index (χ4n) is 1.61. The number of nitrogens with one attached hydrogen (secondary N) is 1. The third kappa shape index (κ3) is 4.06. The highest BCUT2D eigenvalue weighted by atomic mass is 32.1. The van der Waals surface area contributed by atoms with E-state index in [1.165, 1.54) is 17.4 Å². The number of thiazole rings is 1. The Labute approximate surface area is 119 Å². The normalized spacial score (nSPS) is 10.6. The lowest BCUT2D eigenvalue weighted by Gasteiger charge is -2.13. The summed E-state index contributed by atoms with van der Waals surface area (Å²) in [5, 5.41) is 5.80. The monoisotopic (exact) mass is 300 g/mol. The zero-order valence-corrected chi connectivity index (χ0v) is 11.6. The lowest BCUT2D eigenvalue weighted by Crippen LogP contribution is -2.06. The number of hydrogen-bond acceptors (Lipinski definition) is 5. The van der Waals surface area contributed by atoms with Crippen molar-refractivity contribution in [3.05, 3.63) is 35.3 Å². The largest absolute Gasteiger partial charge is 0.490 e. The molecular weight excluding hydrogens is 286 g/mol. The van der Waals surface area contributed by atoms with Crippen LogP contribution in [0.25, 0.3) is 0 Å². The van der Waals surface area contributed by atoms with Crippen molar-refractivity contribution >= 4 is 16.5 Å². The first-order valence-electron chi connectivity index (χ1n) is 6.03. The van der Waals surface area contributed by atoms with Crippen molar-refractivity contribution in [3.8, 4) is 11.5 Å². The molecule has 20 heavy (non-hydrogen) atoms. The van der Waals surface area contributed by atoms with Gasteiger partial charge in [-0.25, -0.2) is 4.98 Å². The SMILES string of the molecule is CCOc1cc(CNc2nccs2)ccc1OC(F)F. The maximum Gasteiger partial charge on any atom is 0.387 e. The molecule has 0 saturated heterocycles. The first-order valence-corrected chi connectivity index (χ1v) is 6.91. The summed E-state index contributed by atoms with van der Waals surface area (Å²) in [6.07, 6.45) is 1.71. The van der Waals surface area contributed by atoms with E-state index >= 15 is 0 Å². The van der Waals surface area contributed by atoms with Crippen LogP contribution in [0.1, 0.15) is 12.5 Å². The van der Waals surface area contributed by atoms with Crippen LogP contribution in [-0.2, 0) is 6.54 Å². The smallest absolute Gasteiger partial charge is 0.387 e. The summed E-state index contributed by atoms with van der Waals surface area (Å²) in [5.41, 5.74) is 0.894. The molecular formula is C13H14F2N2O2S. The molecule has 108 valence electrons. The minimum atomic E-state index is -2.87. The molecule has 1 aromatic heterocycles. The summed E-state index contributed by atoms with van der Waals surface area (Å²) in [4.78, 5) is 4.10. The van der Waals surface area contributed by atoms with Crippen molar-refractivity contribution in [2.24, 2.45) is 0 Å². The minimum absolute atomic E-state index is 0.0415. The number of aromatic nitrogens is 1. The molecule has 0 aliphatic carbocycles. The molecule has 1 heterocycles. The van der Waals surface area contributed by atoms with Crippen LogP contribution in [0.3, 0.4) is 0 Å². The van der Waals surface area contributed by atoms with E-state index in [4.69, 9.17) is 4.74 Å². The maximum absolute atomic E-state index is 12.3. The standard InChI is InChI=1S/C13H14F2N2O2S/c1-2-18-11-7-9(3-4-10(11)19-12(14)15)8-17-13-16-5-6-20-13/h3-7,12H,2,8H2,1H3,(H,16,17). The van der Waals surface area contributed by atoms with Gasteiger partial charge in [0, 0.05) is 18.1 Å². The number of benzene rings is 1. The molecule has 1 N–H and O–H groups in total. The van der Waals surface area contributed by atoms with E-state index < -0.39 is 6.61 Å². The first-order chi connectivity index (χ1) is 9.69. The topological polar surface area (TPSA) is 43.4 Å². The van der Waals surface area contributed by atoms with Gasteiger partial charge in [-0.3, -0.25) is 0 Å². The summed E-state index contributed by atoms with van der Waals surface area (Å²) in [5.74, 6) is 0.353. The molecule has 0 spiro atoms. The predicted octanol–water partition coefficient (Wildman–Crippen LogP) is 3.76. The molecule has 2 rings (SSSR count). The van der Waals surface area contributed by atoms with Gasteiger partial charge in [-0.1, -0.05) is 6.07 Å². The molecule has 1 aromatic carbocycles. The van der Waals surface area contributed by atoms with Gasteiger partial charge in [0.1, 0.15) is 0 Å². The second kappa shape index (κ2) is 7.04. The van der Waals surface area contributed by atoms with E-state index in [9.17, 15) is 8.78 Å². The molecule has 0 aliphatic rings. The molecule has 4 nitrogen and oxygen atoms in total. The molecule has 2 aromatic rings. The second-order valence-corrected chi connectivity index (χ2v) is 4.68. The van der Waals surface area contributed by atoms with Crippen LogP contribution >= 0.6 is 11.3 Å². The summed E-state index contributed by atoms with van der Waals surface area (Å²) in [6, 6.07) is 4.87. The highest BCUT2D eigenvalue weighted by molar-refractivity contribution is 7.13. The quantitative estimate of drug-likeness (QED) is 0.845. The van der Waals surface area contributed by atoms with Gasteiger partial charge in [0.25, 0.3) is 0 Å². The van der Waals surface area contributed by atoms with Crippen LogP contribution in [0.15, 0.2) is 29.8 Å². The van der Waals surface area contributed by atoms with Crippen molar-refractivity contribution in [2.75, 3.05) is 11.9 Å². The van der Waals surface area contributed by atoms with Crippen molar-refractivity contribution in [1.82, 2.24) is 4.98 Å². The molecule has 7 heteroatoms. The average Bonchev–Trinajstić information content (AvgIpc) is 2.92. The van der Waals surface area contributed by atoms with Crippen LogP contribution < -0.4 is 14.8 Å². The number of ether oxygens (including phenoxy) is 2. The fourth-order valence-corrected chi connectivity index (χ4v) is 2.14. The Morgan fingerprint density at radius 2 is 2.20 bits per heavy atom. The highest BCUT2D eigenvalue weighted by Crippen LogP contribution is 2.30. The molecule has 0 saturated carbocycles. The first kappa shape index (κ1) is 14.5. The Balaban J connectivity index is 2.08. The Morgan fingerprint density at radius 1 is 1.35 bits per heavy atom. The van der Waals surface area contributed by atoms with Gasteiger partial charge in [0.2, 0.25) is 0 Å². The number of hydrogen-bond donors (Lipinski definition) is 1. The van der Waals surface area contributed by atoms with Gasteiger partial charge in [-0.15, -0.1) is 11.3 Å². The Bertz CT molecular complexity index is 535. The van der Waals surface area contributed by atoms with Gasteiger partial charge in [-0.05, 0) is 24.6 Å². The summed E-state index contributed by atoms with van der Waals surface area (Å²) in [6.45, 7) is -0.175. The van der Waals surface area contributed by atoms with Crippen LogP contribution in [0, 0.1) is 0 Å². The number of alkyl halides is 2. The third-order valence-corrected chi connectivity index (χ3v) is 3.13. The number of anilines is 1. The Morgan fingerprint density at radius 3 is 2.85 bits per heavy atom. The summed E-state index contributed by atoms with van der Waals surface area (Å²) >= 11 is 1.49. The molecule has 0 fully saturated rings. The van der Waals surface area contributed by atoms with E-state index in [0.717, 1.165) is 10.7 Å². The van der Waals surface area contributed by atoms with E-state index in [0.29, 0.717) is 18.9 Å². The van der Waals surface area contributed by atoms with E-state index in [2.05, 4.69) is 15.0 Å². The lowest BCUT2D eigenvalue weighted by molar-refractivity contribution is -0.0514. The number of nitrogens with zero attached hydrogens (tertiary/aromatic N) is 1. The van der Waals surface area contributed by atoms with Crippen molar-refractivity contribution in [1.29, 1.82) is 0 Å². The number of halogens is 2. The summed E-state index contributed by atoms with van der Waals surface area (Å²) in [7, 11) is 0. The van der Waals surface area contributed by atoms with Crippen LogP contribution in [-0.4, -0.2) is 18.2 Å². The van der Waals surface area contributed by atoms with E-state index in [1.807, 2.05) is 5.38 Å². The lowest BCUT2D eigenvalue weighted by atomic mass is 10.2. The minimum Gasteiger partial charge on any atom is -0.490 e. The highest BCUT2D eigenvalue weighted by Gasteiger charge is 2.11. The van der Waals surface area contributed by atoms with Crippen molar-refractivity contribution in [3.63, 3.8) is 0 Å². The Kier molecular flexibility index (Phi) is 5.11. The molecule has 0 amide bonds. The molecule has 0 radical (unpaired) electrons. The van der Waals surface area contributed by atoms with Crippen molar-refractivity contribution < 1.29 is 18.3 Å². The zero-order chi connectivity index (χ0) is 14.4. The van der Waals surface area contributed by atoms with Crippen LogP contribution in [0.4, 0.5) is 13.9 Å². The molecule has 0 aliphatic heterocycles. The van der Waals surface area contributed by atoms with E-state index in [-0.39, 0.29) is 5.75 Å². The van der Waals surface area contributed by atoms with Crippen LogP contribution in [0.5, 0.6) is 11.5 Å². The maximum atomic E-state index is 12.3.